The zero-order valence-electron chi connectivity index (χ0n) is 20.9. The predicted molar refractivity (Wildman–Crippen MR) is 136 cm³/mol. The number of hydrogen-bond donors (Lipinski definition) is 1. The van der Waals surface area contributed by atoms with Gasteiger partial charge in [-0.1, -0.05) is 12.1 Å². The molecular weight excluding hydrogens is 578 g/mol. The molecule has 1 aromatic heterocycles. The summed E-state index contributed by atoms with van der Waals surface area (Å²) < 4.78 is 80.9. The van der Waals surface area contributed by atoms with E-state index in [1.807, 2.05) is 0 Å². The molecule has 15 heteroatoms. The first-order chi connectivity index (χ1) is 19.2. The monoisotopic (exact) mass is 598 g/mol. The highest BCUT2D eigenvalue weighted by molar-refractivity contribution is 8.18. The summed E-state index contributed by atoms with van der Waals surface area (Å²) in [5.41, 5.74) is -2.31. The number of benzene rings is 2. The van der Waals surface area contributed by atoms with Gasteiger partial charge in [0.2, 0.25) is 0 Å². The van der Waals surface area contributed by atoms with E-state index in [9.17, 15) is 45.8 Å². The quantitative estimate of drug-likeness (QED) is 0.274. The van der Waals surface area contributed by atoms with Crippen molar-refractivity contribution in [1.29, 1.82) is 0 Å². The lowest BCUT2D eigenvalue weighted by Crippen LogP contribution is -2.44. The molecule has 0 radical (unpaired) electrons. The summed E-state index contributed by atoms with van der Waals surface area (Å²) in [7, 11) is 0. The maximum Gasteiger partial charge on any atom is 0.416 e. The van der Waals surface area contributed by atoms with Crippen LogP contribution in [-0.4, -0.2) is 61.1 Å². The number of imide groups is 1. The number of amides is 3. The fourth-order valence-corrected chi connectivity index (χ4v) is 5.78. The zero-order chi connectivity index (χ0) is 29.7. The summed E-state index contributed by atoms with van der Waals surface area (Å²) in [6.07, 6.45) is -7.05. The minimum Gasteiger partial charge on any atom is -0.465 e. The van der Waals surface area contributed by atoms with Crippen molar-refractivity contribution in [3.05, 3.63) is 69.8 Å². The largest absolute Gasteiger partial charge is 0.465 e. The van der Waals surface area contributed by atoms with Crippen LogP contribution in [-0.2, 0) is 23.7 Å². The SMILES string of the molecule is O=C1SC(=Cc2ccc3c(cnn3Cc3ccc(C(F)(F)F)cc3C(F)(F)F)c2)C(=O)N1C[C@@H]1CCCN1C(=O)O. The summed E-state index contributed by atoms with van der Waals surface area (Å²) >= 11 is 0.714. The summed E-state index contributed by atoms with van der Waals surface area (Å²) in [6, 6.07) is 5.68. The number of hydrogen-bond acceptors (Lipinski definition) is 5. The predicted octanol–water partition coefficient (Wildman–Crippen LogP) is 6.30. The fourth-order valence-electron chi connectivity index (χ4n) is 4.93. The molecule has 0 bridgehead atoms. The third-order valence-electron chi connectivity index (χ3n) is 6.92. The van der Waals surface area contributed by atoms with Crippen LogP contribution in [0.4, 0.5) is 35.9 Å². The molecule has 3 amide bonds. The van der Waals surface area contributed by atoms with Gasteiger partial charge in [0.1, 0.15) is 0 Å². The standard InChI is InChI=1S/C26H20F6N4O4S/c27-25(28,29)17-5-4-15(19(10-17)26(30,31)32)12-36-20-6-3-14(8-16(20)11-33-36)9-21-22(37)35(24(40)41-21)13-18-2-1-7-34(18)23(38)39/h3-6,8-11,18H,1-2,7,12-13H2,(H,38,39)/t18-/m0/s1. The van der Waals surface area contributed by atoms with Crippen LogP contribution >= 0.6 is 11.8 Å². The Hall–Kier alpha value is -4.01. The Morgan fingerprint density at radius 2 is 1.83 bits per heavy atom. The molecule has 216 valence electrons. The van der Waals surface area contributed by atoms with E-state index in [2.05, 4.69) is 5.10 Å². The number of rotatable bonds is 5. The van der Waals surface area contributed by atoms with E-state index in [0.29, 0.717) is 53.7 Å². The lowest BCUT2D eigenvalue weighted by Gasteiger charge is -2.24. The minimum atomic E-state index is -5.01. The highest BCUT2D eigenvalue weighted by Crippen LogP contribution is 2.38. The molecule has 0 unspecified atom stereocenters. The molecule has 2 fully saturated rings. The van der Waals surface area contributed by atoms with E-state index in [4.69, 9.17) is 0 Å². The Labute approximate surface area is 232 Å². The van der Waals surface area contributed by atoms with Crippen molar-refractivity contribution in [1.82, 2.24) is 19.6 Å². The highest BCUT2D eigenvalue weighted by Gasteiger charge is 2.40. The molecule has 0 aliphatic carbocycles. The van der Waals surface area contributed by atoms with Gasteiger partial charge in [-0.05, 0) is 66.1 Å². The zero-order valence-corrected chi connectivity index (χ0v) is 21.7. The molecule has 5 rings (SSSR count). The van der Waals surface area contributed by atoms with Gasteiger partial charge in [0.05, 0.1) is 46.9 Å². The molecule has 2 aliphatic heterocycles. The van der Waals surface area contributed by atoms with Gasteiger partial charge in [-0.3, -0.25) is 19.2 Å². The molecule has 2 aliphatic rings. The van der Waals surface area contributed by atoms with Gasteiger partial charge in [-0.15, -0.1) is 0 Å². The second-order valence-electron chi connectivity index (χ2n) is 9.55. The number of aromatic nitrogens is 2. The van der Waals surface area contributed by atoms with Gasteiger partial charge in [-0.2, -0.15) is 31.4 Å². The second-order valence-corrected chi connectivity index (χ2v) is 10.5. The van der Waals surface area contributed by atoms with Crippen molar-refractivity contribution in [3.8, 4) is 0 Å². The van der Waals surface area contributed by atoms with E-state index in [0.717, 1.165) is 11.0 Å². The number of carbonyl (C=O) groups excluding carboxylic acids is 2. The van der Waals surface area contributed by atoms with Crippen LogP contribution in [0, 0.1) is 0 Å². The summed E-state index contributed by atoms with van der Waals surface area (Å²) in [5, 5.41) is 13.4. The summed E-state index contributed by atoms with van der Waals surface area (Å²) in [4.78, 5) is 39.2. The van der Waals surface area contributed by atoms with Gasteiger partial charge in [0.25, 0.3) is 11.1 Å². The molecule has 0 saturated carbocycles. The van der Waals surface area contributed by atoms with Gasteiger partial charge < -0.3 is 10.0 Å². The Morgan fingerprint density at radius 3 is 2.51 bits per heavy atom. The molecule has 3 heterocycles. The molecule has 1 atom stereocenters. The van der Waals surface area contributed by atoms with Crippen molar-refractivity contribution in [2.75, 3.05) is 13.1 Å². The van der Waals surface area contributed by atoms with E-state index >= 15 is 0 Å². The van der Waals surface area contributed by atoms with Gasteiger partial charge >= 0.3 is 18.4 Å². The molecule has 41 heavy (non-hydrogen) atoms. The normalized spacial score (nSPS) is 19.3. The molecule has 0 spiro atoms. The van der Waals surface area contributed by atoms with Crippen LogP contribution in [0.5, 0.6) is 0 Å². The number of alkyl halides is 6. The average Bonchev–Trinajstić information content (AvgIpc) is 3.58. The summed E-state index contributed by atoms with van der Waals surface area (Å²) in [6.45, 7) is -0.163. The highest BCUT2D eigenvalue weighted by atomic mass is 32.2. The first-order valence-corrected chi connectivity index (χ1v) is 13.0. The lowest BCUT2D eigenvalue weighted by atomic mass is 10.0. The number of carboxylic acid groups (broad SMARTS) is 1. The van der Waals surface area contributed by atoms with Crippen LogP contribution in [0.2, 0.25) is 0 Å². The number of nitrogens with zero attached hydrogens (tertiary/aromatic N) is 4. The Balaban J connectivity index is 1.37. The Kier molecular flexibility index (Phi) is 7.26. The van der Waals surface area contributed by atoms with Gasteiger partial charge in [0.15, 0.2) is 0 Å². The minimum absolute atomic E-state index is 0.0516. The lowest BCUT2D eigenvalue weighted by molar-refractivity contribution is -0.143. The number of thioether (sulfide) groups is 1. The molecule has 2 aromatic carbocycles. The van der Waals surface area contributed by atoms with Crippen LogP contribution in [0.1, 0.15) is 35.1 Å². The second kappa shape index (κ2) is 10.4. The average molecular weight is 599 g/mol. The van der Waals surface area contributed by atoms with E-state index in [-0.39, 0.29) is 17.5 Å². The van der Waals surface area contributed by atoms with E-state index in [1.54, 1.807) is 18.2 Å². The summed E-state index contributed by atoms with van der Waals surface area (Å²) in [5.74, 6) is -0.560. The third-order valence-corrected chi connectivity index (χ3v) is 7.82. The van der Waals surface area contributed by atoms with E-state index in [1.165, 1.54) is 21.9 Å². The topological polar surface area (TPSA) is 95.7 Å². The maximum absolute atomic E-state index is 13.6. The van der Waals surface area contributed by atoms with Crippen molar-refractivity contribution >= 4 is 46.0 Å². The van der Waals surface area contributed by atoms with Crippen LogP contribution in [0.25, 0.3) is 17.0 Å². The van der Waals surface area contributed by atoms with Crippen molar-refractivity contribution < 1.29 is 45.8 Å². The first-order valence-electron chi connectivity index (χ1n) is 12.2. The van der Waals surface area contributed by atoms with Crippen molar-refractivity contribution in [3.63, 3.8) is 0 Å². The number of carbonyl (C=O) groups is 3. The fraction of sp³-hybridized carbons (Fsp3) is 0.308. The van der Waals surface area contributed by atoms with Crippen molar-refractivity contribution in [2.45, 2.75) is 37.8 Å². The molecule has 1 N–H and O–H groups in total. The van der Waals surface area contributed by atoms with Crippen LogP contribution < -0.4 is 0 Å². The van der Waals surface area contributed by atoms with Crippen molar-refractivity contribution in [2.24, 2.45) is 0 Å². The maximum atomic E-state index is 13.6. The first kappa shape index (κ1) is 28.5. The Morgan fingerprint density at radius 1 is 1.07 bits per heavy atom. The van der Waals surface area contributed by atoms with Gasteiger partial charge in [-0.25, -0.2) is 4.79 Å². The van der Waals surface area contributed by atoms with Crippen LogP contribution in [0.15, 0.2) is 47.5 Å². The molecule has 3 aromatic rings. The third kappa shape index (κ3) is 5.76. The number of halogens is 6. The smallest absolute Gasteiger partial charge is 0.416 e. The molecule has 2 saturated heterocycles. The van der Waals surface area contributed by atoms with Crippen LogP contribution in [0.3, 0.4) is 0 Å². The van der Waals surface area contributed by atoms with Gasteiger partial charge in [0, 0.05) is 11.9 Å². The number of likely N-dealkylation sites (tertiary alicyclic amines) is 1. The molecule has 8 nitrogen and oxygen atoms in total. The molecular formula is C26H20F6N4O4S. The van der Waals surface area contributed by atoms with E-state index < -0.39 is 58.9 Å². The Bertz CT molecular complexity index is 1580. The number of fused-ring (bicyclic) bond motifs is 1.